The van der Waals surface area contributed by atoms with Gasteiger partial charge in [0.15, 0.2) is 11.6 Å². The summed E-state index contributed by atoms with van der Waals surface area (Å²) >= 11 is 0. The molecule has 0 fully saturated rings. The number of para-hydroxylation sites is 1. The van der Waals surface area contributed by atoms with Gasteiger partial charge in [0.25, 0.3) is 0 Å². The van der Waals surface area contributed by atoms with E-state index in [9.17, 15) is 4.39 Å². The van der Waals surface area contributed by atoms with Gasteiger partial charge in [0.05, 0.1) is 7.11 Å². The molecule has 2 aromatic rings. The number of hydrogen-bond donors (Lipinski definition) is 0. The molecular weight excluding hydrogens is 207 g/mol. The Kier molecular flexibility index (Phi) is 3.05. The smallest absolute Gasteiger partial charge is 0.166 e. The van der Waals surface area contributed by atoms with Crippen LogP contribution in [0.3, 0.4) is 0 Å². The highest BCUT2D eigenvalue weighted by Gasteiger charge is 2.06. The van der Waals surface area contributed by atoms with Gasteiger partial charge in [0, 0.05) is 6.07 Å². The Balaban J connectivity index is 2.27. The van der Waals surface area contributed by atoms with E-state index in [-0.39, 0.29) is 5.75 Å². The summed E-state index contributed by atoms with van der Waals surface area (Å²) in [5, 5.41) is 0. The quantitative estimate of drug-likeness (QED) is 0.783. The van der Waals surface area contributed by atoms with E-state index in [1.54, 1.807) is 18.2 Å². The van der Waals surface area contributed by atoms with Crippen LogP contribution in [-0.2, 0) is 0 Å². The fourth-order valence-corrected chi connectivity index (χ4v) is 1.30. The van der Waals surface area contributed by atoms with E-state index in [0.29, 0.717) is 11.5 Å². The van der Waals surface area contributed by atoms with Crippen molar-refractivity contribution in [3.63, 3.8) is 0 Å². The van der Waals surface area contributed by atoms with Crippen molar-refractivity contribution >= 4 is 0 Å². The Morgan fingerprint density at radius 3 is 2.38 bits per heavy atom. The highest BCUT2D eigenvalue weighted by Crippen LogP contribution is 2.27. The van der Waals surface area contributed by atoms with Gasteiger partial charge in [0.2, 0.25) is 0 Å². The lowest BCUT2D eigenvalue weighted by Crippen LogP contribution is -1.90. The third-order valence-electron chi connectivity index (χ3n) is 2.11. The molecule has 0 saturated carbocycles. The summed E-state index contributed by atoms with van der Waals surface area (Å²) in [4.78, 5) is 0. The molecule has 0 bridgehead atoms. The van der Waals surface area contributed by atoms with Gasteiger partial charge in [-0.2, -0.15) is 0 Å². The second kappa shape index (κ2) is 4.66. The third-order valence-corrected chi connectivity index (χ3v) is 2.11. The van der Waals surface area contributed by atoms with Crippen molar-refractivity contribution in [2.45, 2.75) is 0 Å². The number of ether oxygens (including phenoxy) is 2. The van der Waals surface area contributed by atoms with Gasteiger partial charge < -0.3 is 9.47 Å². The van der Waals surface area contributed by atoms with Crippen LogP contribution in [0, 0.1) is 5.82 Å². The van der Waals surface area contributed by atoms with Crippen LogP contribution in [0.1, 0.15) is 0 Å². The number of hydrogen-bond acceptors (Lipinski definition) is 2. The minimum absolute atomic E-state index is 0.158. The lowest BCUT2D eigenvalue weighted by atomic mass is 10.3. The average molecular weight is 218 g/mol. The van der Waals surface area contributed by atoms with Crippen molar-refractivity contribution in [3.05, 3.63) is 54.3 Å². The van der Waals surface area contributed by atoms with E-state index < -0.39 is 5.82 Å². The van der Waals surface area contributed by atoms with Crippen LogP contribution in [-0.4, -0.2) is 7.11 Å². The molecule has 0 aromatic heterocycles. The first-order valence-electron chi connectivity index (χ1n) is 4.86. The zero-order valence-corrected chi connectivity index (χ0v) is 8.81. The van der Waals surface area contributed by atoms with E-state index in [1.165, 1.54) is 19.2 Å². The van der Waals surface area contributed by atoms with Crippen molar-refractivity contribution in [2.75, 3.05) is 7.11 Å². The first-order valence-corrected chi connectivity index (χ1v) is 4.86. The van der Waals surface area contributed by atoms with Gasteiger partial charge in [-0.25, -0.2) is 4.39 Å². The van der Waals surface area contributed by atoms with Crippen molar-refractivity contribution < 1.29 is 13.9 Å². The summed E-state index contributed by atoms with van der Waals surface area (Å²) in [6.45, 7) is 0. The lowest BCUT2D eigenvalue weighted by Gasteiger charge is -2.08. The minimum atomic E-state index is -0.412. The van der Waals surface area contributed by atoms with Crippen LogP contribution in [0.25, 0.3) is 0 Å². The van der Waals surface area contributed by atoms with Gasteiger partial charge in [-0.15, -0.1) is 0 Å². The second-order valence-electron chi connectivity index (χ2n) is 3.21. The van der Waals surface area contributed by atoms with Crippen molar-refractivity contribution in [3.8, 4) is 17.2 Å². The number of rotatable bonds is 3. The minimum Gasteiger partial charge on any atom is -0.497 e. The summed E-state index contributed by atoms with van der Waals surface area (Å²) < 4.78 is 23.8. The molecular formula is C13H11FO2. The molecule has 16 heavy (non-hydrogen) atoms. The first-order chi connectivity index (χ1) is 7.79. The molecule has 2 nitrogen and oxygen atoms in total. The van der Waals surface area contributed by atoms with E-state index in [0.717, 1.165) is 0 Å². The van der Waals surface area contributed by atoms with E-state index in [1.807, 2.05) is 18.2 Å². The summed E-state index contributed by atoms with van der Waals surface area (Å²) in [5.41, 5.74) is 0. The van der Waals surface area contributed by atoms with Crippen LogP contribution in [0.15, 0.2) is 48.5 Å². The van der Waals surface area contributed by atoms with Gasteiger partial charge >= 0.3 is 0 Å². The Morgan fingerprint density at radius 1 is 0.938 bits per heavy atom. The zero-order valence-electron chi connectivity index (χ0n) is 8.81. The fourth-order valence-electron chi connectivity index (χ4n) is 1.30. The molecule has 2 aromatic carbocycles. The molecule has 0 unspecified atom stereocenters. The normalized spacial score (nSPS) is 9.88. The van der Waals surface area contributed by atoms with Crippen molar-refractivity contribution in [2.24, 2.45) is 0 Å². The van der Waals surface area contributed by atoms with Crippen LogP contribution in [0.4, 0.5) is 4.39 Å². The molecule has 0 aliphatic rings. The summed E-state index contributed by atoms with van der Waals surface area (Å²) in [6, 6.07) is 13.4. The Labute approximate surface area is 93.2 Å². The maximum Gasteiger partial charge on any atom is 0.166 e. The average Bonchev–Trinajstić information content (AvgIpc) is 2.33. The predicted octanol–water partition coefficient (Wildman–Crippen LogP) is 3.63. The standard InChI is InChI=1S/C13H11FO2/c1-15-11-7-8-12(14)13(9-11)16-10-5-3-2-4-6-10/h2-9H,1H3. The Morgan fingerprint density at radius 2 is 1.69 bits per heavy atom. The van der Waals surface area contributed by atoms with Gasteiger partial charge in [0.1, 0.15) is 11.5 Å². The summed E-state index contributed by atoms with van der Waals surface area (Å²) in [7, 11) is 1.53. The van der Waals surface area contributed by atoms with Crippen LogP contribution in [0.5, 0.6) is 17.2 Å². The first kappa shape index (κ1) is 10.5. The van der Waals surface area contributed by atoms with Crippen molar-refractivity contribution in [1.29, 1.82) is 0 Å². The molecule has 0 aliphatic carbocycles. The second-order valence-corrected chi connectivity index (χ2v) is 3.21. The zero-order chi connectivity index (χ0) is 11.4. The Hall–Kier alpha value is -2.03. The lowest BCUT2D eigenvalue weighted by molar-refractivity contribution is 0.401. The third kappa shape index (κ3) is 2.31. The number of halogens is 1. The monoisotopic (exact) mass is 218 g/mol. The fraction of sp³-hybridized carbons (Fsp3) is 0.0769. The van der Waals surface area contributed by atoms with Crippen LogP contribution < -0.4 is 9.47 Å². The van der Waals surface area contributed by atoms with Gasteiger partial charge in [-0.05, 0) is 24.3 Å². The molecule has 0 aliphatic heterocycles. The topological polar surface area (TPSA) is 18.5 Å². The largest absolute Gasteiger partial charge is 0.497 e. The molecule has 0 amide bonds. The molecule has 0 saturated heterocycles. The van der Waals surface area contributed by atoms with Crippen LogP contribution >= 0.6 is 0 Å². The molecule has 3 heteroatoms. The van der Waals surface area contributed by atoms with E-state index in [4.69, 9.17) is 9.47 Å². The molecule has 0 atom stereocenters. The maximum absolute atomic E-state index is 13.4. The highest BCUT2D eigenvalue weighted by atomic mass is 19.1. The maximum atomic E-state index is 13.4. The van der Waals surface area contributed by atoms with Crippen LogP contribution in [0.2, 0.25) is 0 Å². The number of methoxy groups -OCH3 is 1. The molecule has 0 radical (unpaired) electrons. The van der Waals surface area contributed by atoms with Gasteiger partial charge in [-0.3, -0.25) is 0 Å². The Bertz CT molecular complexity index is 469. The number of benzene rings is 2. The summed E-state index contributed by atoms with van der Waals surface area (Å²) in [5.74, 6) is 0.900. The molecule has 0 N–H and O–H groups in total. The van der Waals surface area contributed by atoms with Gasteiger partial charge in [-0.1, -0.05) is 18.2 Å². The molecule has 2 rings (SSSR count). The van der Waals surface area contributed by atoms with Crippen molar-refractivity contribution in [1.82, 2.24) is 0 Å². The van der Waals surface area contributed by atoms with E-state index >= 15 is 0 Å². The molecule has 0 spiro atoms. The SMILES string of the molecule is COc1ccc(F)c(Oc2ccccc2)c1. The summed E-state index contributed by atoms with van der Waals surface area (Å²) in [6.07, 6.45) is 0. The molecule has 0 heterocycles. The van der Waals surface area contributed by atoms with E-state index in [2.05, 4.69) is 0 Å². The predicted molar refractivity (Wildman–Crippen MR) is 59.5 cm³/mol. The molecule has 82 valence electrons. The highest BCUT2D eigenvalue weighted by molar-refractivity contribution is 5.37.